The molecule has 0 aliphatic carbocycles. The molecule has 1 unspecified atom stereocenters. The molecule has 1 N–H and O–H groups in total. The molecule has 1 fully saturated rings. The van der Waals surface area contributed by atoms with Crippen LogP contribution >= 0.6 is 0 Å². The lowest BCUT2D eigenvalue weighted by Gasteiger charge is -2.08. The highest BCUT2D eigenvalue weighted by atomic mass is 16.5. The van der Waals surface area contributed by atoms with Gasteiger partial charge in [0.25, 0.3) is 0 Å². The SMILES string of the molecule is Cc1cc(C)n(Cc2cccc(-c3nc(C4CCOC4)nn3CCO)c2)n1. The van der Waals surface area contributed by atoms with Crippen molar-refractivity contribution in [3.05, 3.63) is 53.1 Å². The molecule has 27 heavy (non-hydrogen) atoms. The summed E-state index contributed by atoms with van der Waals surface area (Å²) in [4.78, 5) is 4.79. The first-order valence-electron chi connectivity index (χ1n) is 9.38. The number of nitrogens with zero attached hydrogens (tertiary/aromatic N) is 5. The first-order valence-corrected chi connectivity index (χ1v) is 9.38. The number of ether oxygens (including phenoxy) is 1. The molecule has 0 radical (unpaired) electrons. The van der Waals surface area contributed by atoms with Gasteiger partial charge >= 0.3 is 0 Å². The first kappa shape index (κ1) is 17.9. The number of benzene rings is 1. The van der Waals surface area contributed by atoms with Gasteiger partial charge in [-0.05, 0) is 38.0 Å². The molecule has 2 aromatic heterocycles. The standard InChI is InChI=1S/C20H25N5O2/c1-14-10-15(2)25(22-14)12-16-4-3-5-17(11-16)20-21-19(18-6-9-27-13-18)23-24(20)7-8-26/h3-5,10-11,18,26H,6-9,12-13H2,1-2H3. The lowest BCUT2D eigenvalue weighted by atomic mass is 10.1. The Morgan fingerprint density at radius 2 is 2.07 bits per heavy atom. The van der Waals surface area contributed by atoms with E-state index >= 15 is 0 Å². The van der Waals surface area contributed by atoms with Crippen LogP contribution in [0, 0.1) is 13.8 Å². The second-order valence-electron chi connectivity index (χ2n) is 7.09. The summed E-state index contributed by atoms with van der Waals surface area (Å²) in [5, 5.41) is 18.6. The van der Waals surface area contributed by atoms with Crippen LogP contribution in [-0.2, 0) is 17.8 Å². The van der Waals surface area contributed by atoms with Crippen LogP contribution in [0.3, 0.4) is 0 Å². The molecule has 142 valence electrons. The van der Waals surface area contributed by atoms with Crippen molar-refractivity contribution in [2.75, 3.05) is 19.8 Å². The van der Waals surface area contributed by atoms with Crippen molar-refractivity contribution >= 4 is 0 Å². The predicted octanol–water partition coefficient (Wildman–Crippen LogP) is 2.30. The van der Waals surface area contributed by atoms with Gasteiger partial charge in [-0.3, -0.25) is 4.68 Å². The Bertz CT molecular complexity index is 924. The van der Waals surface area contributed by atoms with Crippen molar-refractivity contribution in [1.82, 2.24) is 24.5 Å². The molecule has 1 atom stereocenters. The number of aromatic nitrogens is 5. The zero-order valence-electron chi connectivity index (χ0n) is 15.8. The van der Waals surface area contributed by atoms with Crippen LogP contribution in [0.5, 0.6) is 0 Å². The molecule has 4 rings (SSSR count). The molecule has 7 heteroatoms. The molecule has 7 nitrogen and oxygen atoms in total. The van der Waals surface area contributed by atoms with Gasteiger partial charge in [0.1, 0.15) is 0 Å². The third kappa shape index (κ3) is 3.79. The summed E-state index contributed by atoms with van der Waals surface area (Å²) in [6, 6.07) is 10.4. The molecule has 0 spiro atoms. The first-order chi connectivity index (χ1) is 13.1. The zero-order chi connectivity index (χ0) is 18.8. The van der Waals surface area contributed by atoms with Gasteiger partial charge in [-0.2, -0.15) is 10.2 Å². The van der Waals surface area contributed by atoms with E-state index in [-0.39, 0.29) is 12.5 Å². The van der Waals surface area contributed by atoms with Gasteiger partial charge in [0, 0.05) is 23.8 Å². The summed E-state index contributed by atoms with van der Waals surface area (Å²) < 4.78 is 9.29. The summed E-state index contributed by atoms with van der Waals surface area (Å²) in [7, 11) is 0. The molecular weight excluding hydrogens is 342 g/mol. The van der Waals surface area contributed by atoms with Crippen LogP contribution < -0.4 is 0 Å². The molecular formula is C20H25N5O2. The summed E-state index contributed by atoms with van der Waals surface area (Å²) in [5.74, 6) is 1.84. The van der Waals surface area contributed by atoms with Gasteiger partial charge in [0.2, 0.25) is 0 Å². The van der Waals surface area contributed by atoms with E-state index in [1.165, 1.54) is 0 Å². The Morgan fingerprint density at radius 3 is 2.78 bits per heavy atom. The highest BCUT2D eigenvalue weighted by Crippen LogP contribution is 2.26. The number of aryl methyl sites for hydroxylation is 2. The lowest BCUT2D eigenvalue weighted by molar-refractivity contribution is 0.193. The quantitative estimate of drug-likeness (QED) is 0.723. The lowest BCUT2D eigenvalue weighted by Crippen LogP contribution is -2.08. The van der Waals surface area contributed by atoms with Gasteiger partial charge in [-0.1, -0.05) is 18.2 Å². The van der Waals surface area contributed by atoms with Crippen LogP contribution in [0.15, 0.2) is 30.3 Å². The van der Waals surface area contributed by atoms with Crippen molar-refractivity contribution in [2.24, 2.45) is 0 Å². The maximum Gasteiger partial charge on any atom is 0.158 e. The third-order valence-corrected chi connectivity index (χ3v) is 4.92. The van der Waals surface area contributed by atoms with Crippen LogP contribution in [0.4, 0.5) is 0 Å². The fraction of sp³-hybridized carbons (Fsp3) is 0.450. The number of rotatable bonds is 6. The number of aliphatic hydroxyl groups excluding tert-OH is 1. The molecule has 0 saturated carbocycles. The van der Waals surface area contributed by atoms with Crippen molar-refractivity contribution in [1.29, 1.82) is 0 Å². The monoisotopic (exact) mass is 367 g/mol. The molecule has 1 aromatic carbocycles. The van der Waals surface area contributed by atoms with Gasteiger partial charge in [0.15, 0.2) is 11.6 Å². The minimum absolute atomic E-state index is 0.0302. The van der Waals surface area contributed by atoms with E-state index < -0.39 is 0 Å². The Morgan fingerprint density at radius 1 is 1.19 bits per heavy atom. The smallest absolute Gasteiger partial charge is 0.158 e. The molecule has 0 bridgehead atoms. The maximum absolute atomic E-state index is 9.42. The summed E-state index contributed by atoms with van der Waals surface area (Å²) in [6.45, 7) is 6.67. The minimum Gasteiger partial charge on any atom is -0.394 e. The van der Waals surface area contributed by atoms with Gasteiger partial charge in [0.05, 0.1) is 32.0 Å². The average Bonchev–Trinajstić information content (AvgIpc) is 3.36. The summed E-state index contributed by atoms with van der Waals surface area (Å²) in [6.07, 6.45) is 0.945. The van der Waals surface area contributed by atoms with Gasteiger partial charge in [-0.25, -0.2) is 9.67 Å². The Kier molecular flexibility index (Phi) is 5.05. The van der Waals surface area contributed by atoms with Crippen LogP contribution in [-0.4, -0.2) is 49.5 Å². The second kappa shape index (κ2) is 7.62. The van der Waals surface area contributed by atoms with E-state index in [9.17, 15) is 5.11 Å². The topological polar surface area (TPSA) is 78.0 Å². The van der Waals surface area contributed by atoms with Crippen LogP contribution in [0.2, 0.25) is 0 Å². The Balaban J connectivity index is 1.65. The summed E-state index contributed by atoms with van der Waals surface area (Å²) in [5.41, 5.74) is 4.32. The van der Waals surface area contributed by atoms with Crippen molar-refractivity contribution in [2.45, 2.75) is 39.3 Å². The molecule has 3 heterocycles. The van der Waals surface area contributed by atoms with Crippen molar-refractivity contribution in [3.8, 4) is 11.4 Å². The molecule has 1 aliphatic heterocycles. The zero-order valence-corrected chi connectivity index (χ0v) is 15.8. The van der Waals surface area contributed by atoms with Crippen LogP contribution in [0.1, 0.15) is 35.1 Å². The largest absolute Gasteiger partial charge is 0.394 e. The number of aliphatic hydroxyl groups is 1. The normalized spacial score (nSPS) is 16.9. The van der Waals surface area contributed by atoms with E-state index in [0.717, 1.165) is 47.2 Å². The van der Waals surface area contributed by atoms with Gasteiger partial charge < -0.3 is 9.84 Å². The van der Waals surface area contributed by atoms with E-state index in [0.29, 0.717) is 19.7 Å². The predicted molar refractivity (Wildman–Crippen MR) is 102 cm³/mol. The third-order valence-electron chi connectivity index (χ3n) is 4.92. The van der Waals surface area contributed by atoms with Crippen LogP contribution in [0.25, 0.3) is 11.4 Å². The molecule has 1 saturated heterocycles. The molecule has 0 amide bonds. The van der Waals surface area contributed by atoms with E-state index in [1.807, 2.05) is 23.7 Å². The molecule has 1 aliphatic rings. The second-order valence-corrected chi connectivity index (χ2v) is 7.09. The fourth-order valence-corrected chi connectivity index (χ4v) is 3.55. The molecule has 3 aromatic rings. The number of hydrogen-bond acceptors (Lipinski definition) is 5. The van der Waals surface area contributed by atoms with Gasteiger partial charge in [-0.15, -0.1) is 0 Å². The number of hydrogen-bond donors (Lipinski definition) is 1. The fourth-order valence-electron chi connectivity index (χ4n) is 3.55. The van der Waals surface area contributed by atoms with E-state index in [1.54, 1.807) is 4.68 Å². The highest BCUT2D eigenvalue weighted by molar-refractivity contribution is 5.56. The maximum atomic E-state index is 9.42. The van der Waals surface area contributed by atoms with Crippen molar-refractivity contribution in [3.63, 3.8) is 0 Å². The summed E-state index contributed by atoms with van der Waals surface area (Å²) >= 11 is 0. The average molecular weight is 367 g/mol. The van der Waals surface area contributed by atoms with Crippen molar-refractivity contribution < 1.29 is 9.84 Å². The van der Waals surface area contributed by atoms with E-state index in [2.05, 4.69) is 35.3 Å². The minimum atomic E-state index is 0.0302. The Labute approximate surface area is 158 Å². The highest BCUT2D eigenvalue weighted by Gasteiger charge is 2.24. The van der Waals surface area contributed by atoms with E-state index in [4.69, 9.17) is 9.72 Å². The Hall–Kier alpha value is -2.51.